The topological polar surface area (TPSA) is 83.9 Å². The largest absolute Gasteiger partial charge is 0.494 e. The van der Waals surface area contributed by atoms with Gasteiger partial charge in [0.15, 0.2) is 0 Å². The molecule has 1 atom stereocenters. The average molecular weight is 317 g/mol. The third-order valence-electron chi connectivity index (χ3n) is 2.87. The molecule has 1 aromatic carbocycles. The Kier molecular flexibility index (Phi) is 4.56. The lowest BCUT2D eigenvalue weighted by Gasteiger charge is -2.20. The molecule has 2 rings (SSSR count). The summed E-state index contributed by atoms with van der Waals surface area (Å²) < 4.78 is 31.1. The highest BCUT2D eigenvalue weighted by molar-refractivity contribution is 8.00. The van der Waals surface area contributed by atoms with Crippen molar-refractivity contribution in [2.75, 3.05) is 18.2 Å². The minimum atomic E-state index is -3.79. The highest BCUT2D eigenvalue weighted by Gasteiger charge is 2.39. The molecule has 0 amide bonds. The number of hydrogen-bond acceptors (Lipinski definition) is 5. The molecule has 6 nitrogen and oxygen atoms in total. The van der Waals surface area contributed by atoms with Crippen LogP contribution in [0.2, 0.25) is 0 Å². The molecule has 1 N–H and O–H groups in total. The first-order valence-corrected chi connectivity index (χ1v) is 8.61. The molecule has 0 radical (unpaired) electrons. The fraction of sp³-hybridized carbons (Fsp3) is 0.417. The van der Waals surface area contributed by atoms with Crippen molar-refractivity contribution in [3.8, 4) is 5.75 Å². The second-order valence-electron chi connectivity index (χ2n) is 4.15. The van der Waals surface area contributed by atoms with Crippen molar-refractivity contribution in [1.29, 1.82) is 0 Å². The number of benzene rings is 1. The van der Waals surface area contributed by atoms with Crippen LogP contribution in [-0.4, -0.2) is 48.1 Å². The number of carbonyl (C=O) groups is 1. The van der Waals surface area contributed by atoms with Crippen LogP contribution in [0.1, 0.15) is 6.92 Å². The Bertz CT molecular complexity index is 584. The summed E-state index contributed by atoms with van der Waals surface area (Å²) in [6, 6.07) is 4.99. The maximum Gasteiger partial charge on any atom is 0.322 e. The Morgan fingerprint density at radius 2 is 2.10 bits per heavy atom. The maximum absolute atomic E-state index is 12.4. The number of aliphatic carboxylic acids is 1. The smallest absolute Gasteiger partial charge is 0.322 e. The zero-order chi connectivity index (χ0) is 14.8. The number of nitrogens with zero attached hydrogens (tertiary/aromatic N) is 1. The van der Waals surface area contributed by atoms with Gasteiger partial charge >= 0.3 is 5.97 Å². The van der Waals surface area contributed by atoms with Crippen LogP contribution >= 0.6 is 11.8 Å². The van der Waals surface area contributed by atoms with E-state index in [4.69, 9.17) is 9.84 Å². The quantitative estimate of drug-likeness (QED) is 0.879. The van der Waals surface area contributed by atoms with Gasteiger partial charge in [0, 0.05) is 5.75 Å². The van der Waals surface area contributed by atoms with E-state index in [0.717, 1.165) is 4.31 Å². The van der Waals surface area contributed by atoms with Gasteiger partial charge in [-0.2, -0.15) is 4.31 Å². The van der Waals surface area contributed by atoms with E-state index in [1.165, 1.54) is 23.9 Å². The zero-order valence-corrected chi connectivity index (χ0v) is 12.5. The first kappa shape index (κ1) is 15.1. The molecule has 0 saturated carbocycles. The summed E-state index contributed by atoms with van der Waals surface area (Å²) in [5.74, 6) is -0.112. The summed E-state index contributed by atoms with van der Waals surface area (Å²) in [5.41, 5.74) is 0. The monoisotopic (exact) mass is 317 g/mol. The third-order valence-corrected chi connectivity index (χ3v) is 5.91. The van der Waals surface area contributed by atoms with E-state index in [1.807, 2.05) is 6.92 Å². The lowest BCUT2D eigenvalue weighted by Crippen LogP contribution is -2.41. The fourth-order valence-electron chi connectivity index (χ4n) is 1.87. The Morgan fingerprint density at radius 3 is 2.65 bits per heavy atom. The molecule has 1 aromatic rings. The molecule has 0 aromatic heterocycles. The number of sulfonamides is 1. The third kappa shape index (κ3) is 2.92. The van der Waals surface area contributed by atoms with Gasteiger partial charge in [-0.05, 0) is 31.2 Å². The van der Waals surface area contributed by atoms with Crippen molar-refractivity contribution in [3.63, 3.8) is 0 Å². The standard InChI is InChI=1S/C12H15NO5S2/c1-2-18-9-3-5-10(6-4-9)20(16,17)13-8-19-7-11(13)12(14)15/h3-6,11H,2,7-8H2,1H3,(H,14,15)/t11-/m0/s1. The molecular formula is C12H15NO5S2. The van der Waals surface area contributed by atoms with Gasteiger partial charge in [-0.25, -0.2) is 8.42 Å². The predicted octanol–water partition coefficient (Wildman–Crippen LogP) is 1.23. The van der Waals surface area contributed by atoms with Crippen LogP contribution in [0.5, 0.6) is 5.75 Å². The molecule has 1 saturated heterocycles. The number of carboxylic acid groups (broad SMARTS) is 1. The summed E-state index contributed by atoms with van der Waals surface area (Å²) in [7, 11) is -3.79. The zero-order valence-electron chi connectivity index (χ0n) is 10.9. The van der Waals surface area contributed by atoms with E-state index in [9.17, 15) is 13.2 Å². The first-order valence-electron chi connectivity index (χ1n) is 6.02. The molecule has 20 heavy (non-hydrogen) atoms. The summed E-state index contributed by atoms with van der Waals surface area (Å²) in [4.78, 5) is 11.2. The summed E-state index contributed by atoms with van der Waals surface area (Å²) in [6.07, 6.45) is 0. The van der Waals surface area contributed by atoms with E-state index in [1.54, 1.807) is 12.1 Å². The number of carboxylic acids is 1. The first-order chi connectivity index (χ1) is 9.46. The van der Waals surface area contributed by atoms with Crippen molar-refractivity contribution in [2.24, 2.45) is 0 Å². The predicted molar refractivity (Wildman–Crippen MR) is 75.4 cm³/mol. The molecule has 0 spiro atoms. The Hall–Kier alpha value is -1.25. The van der Waals surface area contributed by atoms with E-state index < -0.39 is 22.0 Å². The van der Waals surface area contributed by atoms with Crippen LogP contribution in [-0.2, 0) is 14.8 Å². The minimum Gasteiger partial charge on any atom is -0.494 e. The summed E-state index contributed by atoms with van der Waals surface area (Å²) >= 11 is 1.29. The normalized spacial score (nSPS) is 19.9. The van der Waals surface area contributed by atoms with Crippen molar-refractivity contribution < 1.29 is 23.1 Å². The molecule has 0 aliphatic carbocycles. The second-order valence-corrected chi connectivity index (χ2v) is 7.04. The number of thioether (sulfide) groups is 1. The van der Waals surface area contributed by atoms with Crippen LogP contribution in [0.25, 0.3) is 0 Å². The molecular weight excluding hydrogens is 302 g/mol. The molecule has 1 fully saturated rings. The molecule has 0 unspecified atom stereocenters. The van der Waals surface area contributed by atoms with Gasteiger partial charge in [0.25, 0.3) is 0 Å². The van der Waals surface area contributed by atoms with Crippen molar-refractivity contribution in [2.45, 2.75) is 17.9 Å². The number of ether oxygens (including phenoxy) is 1. The molecule has 1 aliphatic heterocycles. The average Bonchev–Trinajstić information content (AvgIpc) is 2.90. The lowest BCUT2D eigenvalue weighted by atomic mass is 10.3. The van der Waals surface area contributed by atoms with Gasteiger partial charge in [0.1, 0.15) is 11.8 Å². The Labute approximate surface area is 121 Å². The van der Waals surface area contributed by atoms with Crippen molar-refractivity contribution in [3.05, 3.63) is 24.3 Å². The molecule has 8 heteroatoms. The molecule has 0 bridgehead atoms. The van der Waals surface area contributed by atoms with E-state index in [0.29, 0.717) is 12.4 Å². The Morgan fingerprint density at radius 1 is 1.45 bits per heavy atom. The summed E-state index contributed by atoms with van der Waals surface area (Å²) in [6.45, 7) is 2.33. The molecule has 1 aliphatic rings. The fourth-order valence-corrected chi connectivity index (χ4v) is 5.00. The highest BCUT2D eigenvalue weighted by Crippen LogP contribution is 2.29. The highest BCUT2D eigenvalue weighted by atomic mass is 32.2. The molecule has 1 heterocycles. The minimum absolute atomic E-state index is 0.0784. The van der Waals surface area contributed by atoms with Gasteiger partial charge in [0.2, 0.25) is 10.0 Å². The lowest BCUT2D eigenvalue weighted by molar-refractivity contribution is -0.140. The Balaban J connectivity index is 2.27. The van der Waals surface area contributed by atoms with Gasteiger partial charge in [0.05, 0.1) is 17.4 Å². The van der Waals surface area contributed by atoms with Crippen LogP contribution in [0.15, 0.2) is 29.2 Å². The SMILES string of the molecule is CCOc1ccc(S(=O)(=O)N2CSC[C@H]2C(=O)O)cc1. The maximum atomic E-state index is 12.4. The summed E-state index contributed by atoms with van der Waals surface area (Å²) in [5, 5.41) is 9.07. The van der Waals surface area contributed by atoms with Crippen LogP contribution in [0, 0.1) is 0 Å². The van der Waals surface area contributed by atoms with E-state index in [2.05, 4.69) is 0 Å². The molecule has 110 valence electrons. The van der Waals surface area contributed by atoms with Crippen molar-refractivity contribution in [1.82, 2.24) is 4.31 Å². The van der Waals surface area contributed by atoms with E-state index in [-0.39, 0.29) is 16.5 Å². The van der Waals surface area contributed by atoms with Gasteiger partial charge < -0.3 is 9.84 Å². The van der Waals surface area contributed by atoms with Gasteiger partial charge in [-0.15, -0.1) is 11.8 Å². The number of hydrogen-bond donors (Lipinski definition) is 1. The van der Waals surface area contributed by atoms with Crippen LogP contribution in [0.3, 0.4) is 0 Å². The second kappa shape index (κ2) is 6.02. The van der Waals surface area contributed by atoms with Crippen LogP contribution in [0.4, 0.5) is 0 Å². The van der Waals surface area contributed by atoms with Gasteiger partial charge in [-0.3, -0.25) is 4.79 Å². The van der Waals surface area contributed by atoms with E-state index >= 15 is 0 Å². The van der Waals surface area contributed by atoms with Gasteiger partial charge in [-0.1, -0.05) is 0 Å². The number of rotatable bonds is 5. The van der Waals surface area contributed by atoms with Crippen molar-refractivity contribution >= 4 is 27.8 Å². The van der Waals surface area contributed by atoms with Crippen LogP contribution < -0.4 is 4.74 Å².